The molecule has 0 aliphatic heterocycles. The second kappa shape index (κ2) is 6.08. The number of hydrogen-bond acceptors (Lipinski definition) is 6. The standard InChI is InChI=1S/C12H14N2O2S2/c1-8-7-18-11(14-8)10(12(15)16-2)13-6-9-4-3-5-17-9/h3-5,7,10,13H,6H2,1-2H3. The summed E-state index contributed by atoms with van der Waals surface area (Å²) < 4.78 is 4.81. The van der Waals surface area contributed by atoms with Gasteiger partial charge in [0.15, 0.2) is 6.04 Å². The van der Waals surface area contributed by atoms with Crippen molar-refractivity contribution in [2.45, 2.75) is 19.5 Å². The third kappa shape index (κ3) is 3.16. The van der Waals surface area contributed by atoms with Crippen LogP contribution in [0.1, 0.15) is 21.6 Å². The van der Waals surface area contributed by atoms with E-state index in [9.17, 15) is 4.79 Å². The van der Waals surface area contributed by atoms with Gasteiger partial charge in [0.1, 0.15) is 5.01 Å². The lowest BCUT2D eigenvalue weighted by molar-refractivity contribution is -0.143. The largest absolute Gasteiger partial charge is 0.468 e. The minimum atomic E-state index is -0.490. The van der Waals surface area contributed by atoms with Crippen LogP contribution in [-0.4, -0.2) is 18.1 Å². The van der Waals surface area contributed by atoms with Gasteiger partial charge in [-0.05, 0) is 18.4 Å². The van der Waals surface area contributed by atoms with Crippen LogP contribution in [-0.2, 0) is 16.1 Å². The van der Waals surface area contributed by atoms with Crippen molar-refractivity contribution in [1.29, 1.82) is 0 Å². The van der Waals surface area contributed by atoms with Gasteiger partial charge in [-0.2, -0.15) is 0 Å². The van der Waals surface area contributed by atoms with Gasteiger partial charge in [-0.3, -0.25) is 5.32 Å². The van der Waals surface area contributed by atoms with Gasteiger partial charge >= 0.3 is 5.97 Å². The minimum absolute atomic E-state index is 0.305. The Morgan fingerprint density at radius 2 is 2.39 bits per heavy atom. The van der Waals surface area contributed by atoms with E-state index in [1.165, 1.54) is 23.3 Å². The highest BCUT2D eigenvalue weighted by molar-refractivity contribution is 7.10. The van der Waals surface area contributed by atoms with Crippen LogP contribution in [0.15, 0.2) is 22.9 Å². The molecule has 0 aliphatic carbocycles. The number of nitrogens with one attached hydrogen (secondary N) is 1. The average molecular weight is 282 g/mol. The zero-order chi connectivity index (χ0) is 13.0. The van der Waals surface area contributed by atoms with E-state index >= 15 is 0 Å². The molecule has 0 aromatic carbocycles. The molecular formula is C12H14N2O2S2. The maximum atomic E-state index is 11.8. The predicted molar refractivity (Wildman–Crippen MR) is 72.8 cm³/mol. The molecule has 0 saturated carbocycles. The van der Waals surface area contributed by atoms with Gasteiger partial charge in [-0.25, -0.2) is 9.78 Å². The molecule has 6 heteroatoms. The second-order valence-electron chi connectivity index (χ2n) is 3.74. The number of hydrogen-bond donors (Lipinski definition) is 1. The summed E-state index contributed by atoms with van der Waals surface area (Å²) in [5.74, 6) is -0.305. The van der Waals surface area contributed by atoms with Gasteiger partial charge in [0.05, 0.1) is 7.11 Å². The quantitative estimate of drug-likeness (QED) is 0.856. The Labute approximate surface area is 114 Å². The van der Waals surface area contributed by atoms with Crippen molar-refractivity contribution in [2.24, 2.45) is 0 Å². The summed E-state index contributed by atoms with van der Waals surface area (Å²) in [6.45, 7) is 2.55. The molecule has 0 spiro atoms. The smallest absolute Gasteiger partial charge is 0.330 e. The topological polar surface area (TPSA) is 51.2 Å². The SMILES string of the molecule is COC(=O)C(NCc1cccs1)c1nc(C)cs1. The summed E-state index contributed by atoms with van der Waals surface area (Å²) in [4.78, 5) is 17.3. The molecule has 0 amide bonds. The normalized spacial score (nSPS) is 12.3. The number of aromatic nitrogens is 1. The Balaban J connectivity index is 2.08. The number of carbonyl (C=O) groups is 1. The number of methoxy groups -OCH3 is 1. The summed E-state index contributed by atoms with van der Waals surface area (Å²) >= 11 is 3.12. The first-order valence-corrected chi connectivity index (χ1v) is 7.22. The molecule has 2 rings (SSSR count). The van der Waals surface area contributed by atoms with Gasteiger partial charge in [-0.1, -0.05) is 6.07 Å². The first kappa shape index (κ1) is 13.2. The Kier molecular flexibility index (Phi) is 4.46. The van der Waals surface area contributed by atoms with Crippen LogP contribution in [0, 0.1) is 6.92 Å². The Morgan fingerprint density at radius 3 is 2.94 bits per heavy atom. The maximum absolute atomic E-state index is 11.8. The molecule has 0 saturated heterocycles. The highest BCUT2D eigenvalue weighted by Crippen LogP contribution is 2.20. The number of thiazole rings is 1. The number of thiophene rings is 1. The fourth-order valence-corrected chi connectivity index (χ4v) is 3.02. The van der Waals surface area contributed by atoms with E-state index in [1.54, 1.807) is 11.3 Å². The van der Waals surface area contributed by atoms with E-state index in [0.717, 1.165) is 10.7 Å². The van der Waals surface area contributed by atoms with E-state index in [1.807, 2.05) is 29.8 Å². The van der Waals surface area contributed by atoms with Crippen LogP contribution < -0.4 is 5.32 Å². The molecular weight excluding hydrogens is 268 g/mol. The first-order valence-electron chi connectivity index (χ1n) is 5.46. The van der Waals surface area contributed by atoms with Crippen molar-refractivity contribution in [3.8, 4) is 0 Å². The van der Waals surface area contributed by atoms with E-state index in [4.69, 9.17) is 4.74 Å². The lowest BCUT2D eigenvalue weighted by Gasteiger charge is -2.13. The minimum Gasteiger partial charge on any atom is -0.468 e. The third-order valence-electron chi connectivity index (χ3n) is 2.38. The molecule has 1 atom stereocenters. The van der Waals surface area contributed by atoms with Crippen LogP contribution in [0.2, 0.25) is 0 Å². The number of rotatable bonds is 5. The van der Waals surface area contributed by atoms with Crippen LogP contribution >= 0.6 is 22.7 Å². The average Bonchev–Trinajstić information content (AvgIpc) is 3.01. The highest BCUT2D eigenvalue weighted by atomic mass is 32.1. The zero-order valence-electron chi connectivity index (χ0n) is 10.2. The number of aryl methyl sites for hydroxylation is 1. The second-order valence-corrected chi connectivity index (χ2v) is 5.67. The molecule has 4 nitrogen and oxygen atoms in total. The molecule has 0 bridgehead atoms. The third-order valence-corrected chi connectivity index (χ3v) is 4.28. The summed E-state index contributed by atoms with van der Waals surface area (Å²) in [6.07, 6.45) is 0. The van der Waals surface area contributed by atoms with Crippen molar-refractivity contribution in [2.75, 3.05) is 7.11 Å². The van der Waals surface area contributed by atoms with Gasteiger partial charge < -0.3 is 4.74 Å². The summed E-state index contributed by atoms with van der Waals surface area (Å²) in [6, 6.07) is 3.53. The number of nitrogens with zero attached hydrogens (tertiary/aromatic N) is 1. The Hall–Kier alpha value is -1.24. The Morgan fingerprint density at radius 1 is 1.56 bits per heavy atom. The van der Waals surface area contributed by atoms with Crippen molar-refractivity contribution in [1.82, 2.24) is 10.3 Å². The molecule has 96 valence electrons. The predicted octanol–water partition coefficient (Wildman–Crippen LogP) is 2.52. The molecule has 1 unspecified atom stereocenters. The highest BCUT2D eigenvalue weighted by Gasteiger charge is 2.23. The van der Waals surface area contributed by atoms with Crippen LogP contribution in [0.5, 0.6) is 0 Å². The van der Waals surface area contributed by atoms with Gasteiger partial charge in [-0.15, -0.1) is 22.7 Å². The van der Waals surface area contributed by atoms with E-state index in [2.05, 4.69) is 10.3 Å². The Bertz CT molecular complexity index is 508. The van der Waals surface area contributed by atoms with Crippen LogP contribution in [0.4, 0.5) is 0 Å². The van der Waals surface area contributed by atoms with Crippen molar-refractivity contribution >= 4 is 28.6 Å². The fraction of sp³-hybridized carbons (Fsp3) is 0.333. The molecule has 2 aromatic rings. The summed E-state index contributed by atoms with van der Waals surface area (Å²) in [5, 5.41) is 7.87. The molecule has 2 aromatic heterocycles. The number of ether oxygens (including phenoxy) is 1. The van der Waals surface area contributed by atoms with E-state index < -0.39 is 6.04 Å². The molecule has 2 heterocycles. The molecule has 0 radical (unpaired) electrons. The van der Waals surface area contributed by atoms with E-state index in [0.29, 0.717) is 6.54 Å². The number of esters is 1. The van der Waals surface area contributed by atoms with Crippen molar-refractivity contribution in [3.05, 3.63) is 38.5 Å². The molecule has 18 heavy (non-hydrogen) atoms. The molecule has 0 fully saturated rings. The first-order chi connectivity index (χ1) is 8.70. The van der Waals surface area contributed by atoms with Crippen molar-refractivity contribution < 1.29 is 9.53 Å². The fourth-order valence-electron chi connectivity index (χ4n) is 1.51. The van der Waals surface area contributed by atoms with Gasteiger partial charge in [0.25, 0.3) is 0 Å². The maximum Gasteiger partial charge on any atom is 0.330 e. The van der Waals surface area contributed by atoms with Crippen molar-refractivity contribution in [3.63, 3.8) is 0 Å². The molecule has 1 N–H and O–H groups in total. The van der Waals surface area contributed by atoms with Gasteiger partial charge in [0, 0.05) is 22.5 Å². The number of carbonyl (C=O) groups excluding carboxylic acids is 1. The summed E-state index contributed by atoms with van der Waals surface area (Å²) in [5.41, 5.74) is 0.918. The lowest BCUT2D eigenvalue weighted by atomic mass is 10.3. The van der Waals surface area contributed by atoms with Crippen LogP contribution in [0.25, 0.3) is 0 Å². The van der Waals surface area contributed by atoms with Gasteiger partial charge in [0.2, 0.25) is 0 Å². The van der Waals surface area contributed by atoms with Crippen LogP contribution in [0.3, 0.4) is 0 Å². The lowest BCUT2D eigenvalue weighted by Crippen LogP contribution is -2.29. The molecule has 0 aliphatic rings. The summed E-state index contributed by atoms with van der Waals surface area (Å²) in [7, 11) is 1.39. The van der Waals surface area contributed by atoms with E-state index in [-0.39, 0.29) is 5.97 Å². The zero-order valence-corrected chi connectivity index (χ0v) is 11.8. The monoisotopic (exact) mass is 282 g/mol.